The predicted octanol–water partition coefficient (Wildman–Crippen LogP) is 3.10. The molecule has 1 atom stereocenters. The molecule has 1 aromatic heterocycles. The Morgan fingerprint density at radius 3 is 2.67 bits per heavy atom. The number of hydrogen-bond donors (Lipinski definition) is 1. The molecule has 24 heavy (non-hydrogen) atoms. The number of benzene rings is 2. The van der Waals surface area contributed by atoms with Crippen LogP contribution in [0.4, 0.5) is 14.5 Å². The van der Waals surface area contributed by atoms with Crippen LogP contribution >= 0.6 is 0 Å². The highest BCUT2D eigenvalue weighted by molar-refractivity contribution is 5.97. The SMILES string of the molecule is Cn1c(C(C#N)C(=O)Nc2ccc(F)c(F)c2)nc2ccccc21. The summed E-state index contributed by atoms with van der Waals surface area (Å²) in [6.07, 6.45) is 0. The lowest BCUT2D eigenvalue weighted by Gasteiger charge is -2.10. The molecular weight excluding hydrogens is 314 g/mol. The van der Waals surface area contributed by atoms with Crippen LogP contribution in [-0.4, -0.2) is 15.5 Å². The van der Waals surface area contributed by atoms with Gasteiger partial charge in [0.1, 0.15) is 5.82 Å². The van der Waals surface area contributed by atoms with E-state index in [1.54, 1.807) is 17.7 Å². The third-order valence-corrected chi connectivity index (χ3v) is 3.66. The number of rotatable bonds is 3. The fraction of sp³-hybridized carbons (Fsp3) is 0.118. The summed E-state index contributed by atoms with van der Waals surface area (Å²) >= 11 is 0. The van der Waals surface area contributed by atoms with E-state index in [1.165, 1.54) is 6.07 Å². The van der Waals surface area contributed by atoms with Gasteiger partial charge in [-0.3, -0.25) is 4.79 Å². The molecule has 0 fully saturated rings. The Balaban J connectivity index is 1.92. The van der Waals surface area contributed by atoms with Crippen LogP contribution in [-0.2, 0) is 11.8 Å². The maximum atomic E-state index is 13.2. The van der Waals surface area contributed by atoms with Crippen molar-refractivity contribution in [2.24, 2.45) is 7.05 Å². The van der Waals surface area contributed by atoms with Gasteiger partial charge in [-0.1, -0.05) is 12.1 Å². The number of amides is 1. The number of nitrogens with zero attached hydrogens (tertiary/aromatic N) is 3. The average molecular weight is 326 g/mol. The number of anilines is 1. The average Bonchev–Trinajstić information content (AvgIpc) is 2.89. The lowest BCUT2D eigenvalue weighted by atomic mass is 10.1. The second kappa shape index (κ2) is 6.08. The van der Waals surface area contributed by atoms with E-state index in [2.05, 4.69) is 10.3 Å². The largest absolute Gasteiger partial charge is 0.330 e. The molecule has 0 radical (unpaired) electrons. The first kappa shape index (κ1) is 15.6. The van der Waals surface area contributed by atoms with Crippen molar-refractivity contribution in [3.8, 4) is 6.07 Å². The predicted molar refractivity (Wildman–Crippen MR) is 84.1 cm³/mol. The normalized spacial score (nSPS) is 11.9. The summed E-state index contributed by atoms with van der Waals surface area (Å²) in [5.41, 5.74) is 1.52. The monoisotopic (exact) mass is 326 g/mol. The summed E-state index contributed by atoms with van der Waals surface area (Å²) in [6, 6.07) is 12.1. The fourth-order valence-corrected chi connectivity index (χ4v) is 2.44. The highest BCUT2D eigenvalue weighted by atomic mass is 19.2. The molecule has 3 aromatic rings. The molecule has 0 aliphatic rings. The molecule has 0 saturated heterocycles. The molecule has 1 unspecified atom stereocenters. The Labute approximate surface area is 136 Å². The molecule has 3 rings (SSSR count). The molecule has 120 valence electrons. The summed E-state index contributed by atoms with van der Waals surface area (Å²) in [6.45, 7) is 0. The molecule has 1 amide bonds. The maximum Gasteiger partial charge on any atom is 0.249 e. The third-order valence-electron chi connectivity index (χ3n) is 3.66. The molecule has 2 aromatic carbocycles. The van der Waals surface area contributed by atoms with Gasteiger partial charge >= 0.3 is 0 Å². The summed E-state index contributed by atoms with van der Waals surface area (Å²) in [7, 11) is 1.71. The Hall–Kier alpha value is -3.27. The van der Waals surface area contributed by atoms with E-state index in [0.717, 1.165) is 17.6 Å². The Kier molecular flexibility index (Phi) is 3.96. The van der Waals surface area contributed by atoms with Gasteiger partial charge in [0.25, 0.3) is 0 Å². The third kappa shape index (κ3) is 2.70. The summed E-state index contributed by atoms with van der Waals surface area (Å²) in [4.78, 5) is 16.7. The van der Waals surface area contributed by atoms with Gasteiger partial charge in [-0.15, -0.1) is 0 Å². The molecule has 1 heterocycles. The van der Waals surface area contributed by atoms with Crippen molar-refractivity contribution in [1.29, 1.82) is 5.26 Å². The second-order valence-corrected chi connectivity index (χ2v) is 5.20. The van der Waals surface area contributed by atoms with Crippen molar-refractivity contribution in [2.75, 3.05) is 5.32 Å². The number of nitrogens with one attached hydrogen (secondary N) is 1. The lowest BCUT2D eigenvalue weighted by Crippen LogP contribution is -2.22. The highest BCUT2D eigenvalue weighted by Crippen LogP contribution is 2.22. The Morgan fingerprint density at radius 1 is 1.25 bits per heavy atom. The van der Waals surface area contributed by atoms with Gasteiger partial charge in [0, 0.05) is 18.8 Å². The molecule has 0 aliphatic carbocycles. The van der Waals surface area contributed by atoms with Crippen LogP contribution in [0.3, 0.4) is 0 Å². The van der Waals surface area contributed by atoms with Crippen LogP contribution < -0.4 is 5.32 Å². The number of carbonyl (C=O) groups is 1. The first-order valence-electron chi connectivity index (χ1n) is 7.08. The van der Waals surface area contributed by atoms with Crippen molar-refractivity contribution in [3.63, 3.8) is 0 Å². The molecule has 0 bridgehead atoms. The van der Waals surface area contributed by atoms with Gasteiger partial charge in [0.2, 0.25) is 5.91 Å². The minimum absolute atomic E-state index is 0.0675. The molecule has 5 nitrogen and oxygen atoms in total. The van der Waals surface area contributed by atoms with E-state index in [4.69, 9.17) is 0 Å². The summed E-state index contributed by atoms with van der Waals surface area (Å²) in [5.74, 6) is -3.67. The molecule has 7 heteroatoms. The van der Waals surface area contributed by atoms with E-state index in [1.807, 2.05) is 24.3 Å². The lowest BCUT2D eigenvalue weighted by molar-refractivity contribution is -0.116. The first-order chi connectivity index (χ1) is 11.5. The quantitative estimate of drug-likeness (QED) is 0.804. The Bertz CT molecular complexity index is 974. The number of halogens is 2. The number of fused-ring (bicyclic) bond motifs is 1. The molecular formula is C17H12F2N4O. The van der Waals surface area contributed by atoms with Crippen LogP contribution in [0.15, 0.2) is 42.5 Å². The van der Waals surface area contributed by atoms with Gasteiger partial charge in [-0.2, -0.15) is 5.26 Å². The van der Waals surface area contributed by atoms with Crippen molar-refractivity contribution in [3.05, 3.63) is 59.9 Å². The van der Waals surface area contributed by atoms with Gasteiger partial charge in [-0.25, -0.2) is 13.8 Å². The molecule has 0 aliphatic heterocycles. The van der Waals surface area contributed by atoms with Crippen LogP contribution in [0.25, 0.3) is 11.0 Å². The van der Waals surface area contributed by atoms with Crippen LogP contribution in [0.2, 0.25) is 0 Å². The molecule has 0 saturated carbocycles. The zero-order valence-electron chi connectivity index (χ0n) is 12.6. The van der Waals surface area contributed by atoms with Crippen molar-refractivity contribution in [2.45, 2.75) is 5.92 Å². The minimum Gasteiger partial charge on any atom is -0.330 e. The number of hydrogen-bond acceptors (Lipinski definition) is 3. The topological polar surface area (TPSA) is 70.7 Å². The van der Waals surface area contributed by atoms with E-state index in [-0.39, 0.29) is 11.5 Å². The minimum atomic E-state index is -1.18. The fourth-order valence-electron chi connectivity index (χ4n) is 2.44. The number of nitriles is 1. The molecule has 1 N–H and O–H groups in total. The van der Waals surface area contributed by atoms with Gasteiger partial charge < -0.3 is 9.88 Å². The summed E-state index contributed by atoms with van der Waals surface area (Å²) in [5, 5.41) is 11.8. The van der Waals surface area contributed by atoms with Crippen molar-refractivity contribution < 1.29 is 13.6 Å². The number of imidazole rings is 1. The standard InChI is InChI=1S/C17H12F2N4O/c1-23-15-5-3-2-4-14(15)22-16(23)11(9-20)17(24)21-10-6-7-12(18)13(19)8-10/h2-8,11H,1H3,(H,21,24). The van der Waals surface area contributed by atoms with Gasteiger partial charge in [0.15, 0.2) is 17.6 Å². The number of carbonyl (C=O) groups excluding carboxylic acids is 1. The zero-order chi connectivity index (χ0) is 17.3. The van der Waals surface area contributed by atoms with Crippen molar-refractivity contribution >= 4 is 22.6 Å². The van der Waals surface area contributed by atoms with Gasteiger partial charge in [-0.05, 0) is 24.3 Å². The Morgan fingerprint density at radius 2 is 2.00 bits per heavy atom. The van der Waals surface area contributed by atoms with Crippen LogP contribution in [0, 0.1) is 23.0 Å². The smallest absolute Gasteiger partial charge is 0.249 e. The zero-order valence-corrected chi connectivity index (χ0v) is 12.6. The van der Waals surface area contributed by atoms with E-state index in [9.17, 15) is 18.8 Å². The second-order valence-electron chi connectivity index (χ2n) is 5.20. The summed E-state index contributed by atoms with van der Waals surface area (Å²) < 4.78 is 27.8. The van der Waals surface area contributed by atoms with Crippen LogP contribution in [0.1, 0.15) is 11.7 Å². The van der Waals surface area contributed by atoms with Crippen molar-refractivity contribution in [1.82, 2.24) is 9.55 Å². The maximum absolute atomic E-state index is 13.2. The number of aromatic nitrogens is 2. The van der Waals surface area contributed by atoms with E-state index >= 15 is 0 Å². The molecule has 0 spiro atoms. The number of aryl methyl sites for hydroxylation is 1. The van der Waals surface area contributed by atoms with Crippen LogP contribution in [0.5, 0.6) is 0 Å². The first-order valence-corrected chi connectivity index (χ1v) is 7.08. The highest BCUT2D eigenvalue weighted by Gasteiger charge is 2.26. The van der Waals surface area contributed by atoms with E-state index < -0.39 is 23.5 Å². The van der Waals surface area contributed by atoms with Gasteiger partial charge in [0.05, 0.1) is 17.1 Å². The van der Waals surface area contributed by atoms with E-state index in [0.29, 0.717) is 5.52 Å². The number of para-hydroxylation sites is 2.